The second kappa shape index (κ2) is 5.87. The molecule has 1 heterocycles. The van der Waals surface area contributed by atoms with Gasteiger partial charge in [-0.25, -0.2) is 0 Å². The van der Waals surface area contributed by atoms with Gasteiger partial charge in [-0.15, -0.1) is 0 Å². The van der Waals surface area contributed by atoms with Crippen LogP contribution in [0.5, 0.6) is 5.75 Å². The highest BCUT2D eigenvalue weighted by molar-refractivity contribution is 5.57. The molecule has 0 spiro atoms. The highest BCUT2D eigenvalue weighted by Crippen LogP contribution is 2.29. The molecule has 0 radical (unpaired) electrons. The Morgan fingerprint density at radius 1 is 1.53 bits per heavy atom. The predicted octanol–water partition coefficient (Wildman–Crippen LogP) is 2.36. The van der Waals surface area contributed by atoms with Crippen LogP contribution in [-0.4, -0.2) is 29.3 Å². The third-order valence-electron chi connectivity index (χ3n) is 3.10. The Hall–Kier alpha value is -1.29. The molecule has 1 rings (SSSR count). The lowest BCUT2D eigenvalue weighted by Gasteiger charge is -2.31. The topological polar surface area (TPSA) is 54.4 Å². The van der Waals surface area contributed by atoms with Gasteiger partial charge in [-0.05, 0) is 32.8 Å². The Morgan fingerprint density at radius 2 is 2.24 bits per heavy atom. The van der Waals surface area contributed by atoms with Crippen molar-refractivity contribution in [3.63, 3.8) is 0 Å². The molecule has 1 unspecified atom stereocenters. The van der Waals surface area contributed by atoms with E-state index in [0.717, 1.165) is 23.6 Å². The zero-order chi connectivity index (χ0) is 12.9. The molecule has 0 aliphatic carbocycles. The average molecular weight is 238 g/mol. The van der Waals surface area contributed by atoms with E-state index in [-0.39, 0.29) is 12.1 Å². The normalized spacial score (nSPS) is 14.2. The summed E-state index contributed by atoms with van der Waals surface area (Å²) in [5, 5.41) is 12.5. The molecular weight excluding hydrogens is 216 g/mol. The van der Waals surface area contributed by atoms with Gasteiger partial charge in [-0.1, -0.05) is 6.92 Å². The largest absolute Gasteiger partial charge is 0.493 e. The van der Waals surface area contributed by atoms with Gasteiger partial charge < -0.3 is 15.2 Å². The van der Waals surface area contributed by atoms with Gasteiger partial charge in [0.2, 0.25) is 0 Å². The van der Waals surface area contributed by atoms with Crippen LogP contribution in [0.2, 0.25) is 0 Å². The van der Waals surface area contributed by atoms with Crippen LogP contribution in [0.25, 0.3) is 0 Å². The minimum atomic E-state index is -0.129. The van der Waals surface area contributed by atoms with Crippen molar-refractivity contribution >= 4 is 5.69 Å². The van der Waals surface area contributed by atoms with Crippen LogP contribution in [0.15, 0.2) is 12.3 Å². The fraction of sp³-hybridized carbons (Fsp3) is 0.615. The first kappa shape index (κ1) is 13.8. The lowest BCUT2D eigenvalue weighted by molar-refractivity contribution is 0.251. The highest BCUT2D eigenvalue weighted by atomic mass is 16.5. The van der Waals surface area contributed by atoms with Crippen molar-refractivity contribution in [2.24, 2.45) is 0 Å². The van der Waals surface area contributed by atoms with Crippen molar-refractivity contribution in [1.82, 2.24) is 4.98 Å². The molecular formula is C13H22N2O2. The summed E-state index contributed by atoms with van der Waals surface area (Å²) in [6.07, 6.45) is 3.35. The number of ether oxygens (including phenoxy) is 1. The fourth-order valence-corrected chi connectivity index (χ4v) is 1.71. The molecule has 1 aromatic rings. The van der Waals surface area contributed by atoms with Crippen molar-refractivity contribution in [2.45, 2.75) is 39.2 Å². The van der Waals surface area contributed by atoms with Gasteiger partial charge >= 0.3 is 0 Å². The Bertz CT molecular complexity index is 368. The summed E-state index contributed by atoms with van der Waals surface area (Å²) in [6, 6.07) is 1.96. The second-order valence-electron chi connectivity index (χ2n) is 4.54. The molecule has 4 heteroatoms. The van der Waals surface area contributed by atoms with Crippen molar-refractivity contribution in [3.8, 4) is 5.75 Å². The summed E-state index contributed by atoms with van der Waals surface area (Å²) in [4.78, 5) is 4.20. The minimum absolute atomic E-state index is 0.129. The Kier molecular flexibility index (Phi) is 4.75. The number of hydrogen-bond donors (Lipinski definition) is 2. The maximum atomic E-state index is 9.11. The van der Waals surface area contributed by atoms with Crippen LogP contribution < -0.4 is 10.1 Å². The smallest absolute Gasteiger partial charge is 0.160 e. The molecule has 0 aromatic carbocycles. The molecule has 0 aliphatic heterocycles. The molecule has 0 bridgehead atoms. The van der Waals surface area contributed by atoms with E-state index in [9.17, 15) is 0 Å². The highest BCUT2D eigenvalue weighted by Gasteiger charge is 2.22. The molecule has 0 fully saturated rings. The standard InChI is InChI=1S/C13H22N2O2/c1-5-13(3,6-7-16)15-11-8-10(2)14-9-12(11)17-4/h8-9,16H,5-7H2,1-4H3,(H,14,15). The molecule has 1 atom stereocenters. The number of hydrogen-bond acceptors (Lipinski definition) is 4. The summed E-state index contributed by atoms with van der Waals surface area (Å²) in [7, 11) is 1.63. The first-order valence-electron chi connectivity index (χ1n) is 5.94. The molecule has 0 saturated heterocycles. The molecule has 0 saturated carbocycles. The average Bonchev–Trinajstić information content (AvgIpc) is 2.29. The van der Waals surface area contributed by atoms with Crippen molar-refractivity contribution < 1.29 is 9.84 Å². The SMILES string of the molecule is CCC(C)(CCO)Nc1cc(C)ncc1OC. The maximum absolute atomic E-state index is 9.11. The van der Waals surface area contributed by atoms with E-state index in [4.69, 9.17) is 9.84 Å². The lowest BCUT2D eigenvalue weighted by Crippen LogP contribution is -2.35. The second-order valence-corrected chi connectivity index (χ2v) is 4.54. The van der Waals surface area contributed by atoms with Crippen LogP contribution in [0, 0.1) is 6.92 Å². The summed E-state index contributed by atoms with van der Waals surface area (Å²) >= 11 is 0. The van der Waals surface area contributed by atoms with Crippen molar-refractivity contribution in [2.75, 3.05) is 19.0 Å². The Balaban J connectivity index is 2.95. The van der Waals surface area contributed by atoms with Gasteiger partial charge in [0.25, 0.3) is 0 Å². The van der Waals surface area contributed by atoms with Crippen LogP contribution in [0.4, 0.5) is 5.69 Å². The summed E-state index contributed by atoms with van der Waals surface area (Å²) in [6.45, 7) is 6.31. The van der Waals surface area contributed by atoms with Crippen LogP contribution in [0.1, 0.15) is 32.4 Å². The molecule has 17 heavy (non-hydrogen) atoms. The number of nitrogens with one attached hydrogen (secondary N) is 1. The van der Waals surface area contributed by atoms with Crippen LogP contribution >= 0.6 is 0 Å². The number of aryl methyl sites for hydroxylation is 1. The van der Waals surface area contributed by atoms with E-state index in [1.165, 1.54) is 0 Å². The van der Waals surface area contributed by atoms with Crippen molar-refractivity contribution in [1.29, 1.82) is 0 Å². The van der Waals surface area contributed by atoms with Gasteiger partial charge in [0.1, 0.15) is 0 Å². The van der Waals surface area contributed by atoms with Crippen LogP contribution in [-0.2, 0) is 0 Å². The third-order valence-corrected chi connectivity index (χ3v) is 3.10. The molecule has 4 nitrogen and oxygen atoms in total. The number of aromatic nitrogens is 1. The zero-order valence-electron chi connectivity index (χ0n) is 11.1. The van der Waals surface area contributed by atoms with E-state index in [0.29, 0.717) is 6.42 Å². The van der Waals surface area contributed by atoms with E-state index in [2.05, 4.69) is 24.1 Å². The number of nitrogens with zero attached hydrogens (tertiary/aromatic N) is 1. The van der Waals surface area contributed by atoms with Gasteiger partial charge in [0, 0.05) is 17.8 Å². The summed E-state index contributed by atoms with van der Waals surface area (Å²) < 4.78 is 5.28. The third kappa shape index (κ3) is 3.60. The molecule has 0 amide bonds. The molecule has 0 aliphatic rings. The van der Waals surface area contributed by atoms with Gasteiger partial charge in [-0.2, -0.15) is 0 Å². The number of aliphatic hydroxyl groups excluding tert-OH is 1. The first-order chi connectivity index (χ1) is 8.04. The molecule has 2 N–H and O–H groups in total. The summed E-state index contributed by atoms with van der Waals surface area (Å²) in [5.74, 6) is 0.730. The first-order valence-corrected chi connectivity index (χ1v) is 5.94. The van der Waals surface area contributed by atoms with E-state index >= 15 is 0 Å². The number of pyridine rings is 1. The molecule has 96 valence electrons. The number of methoxy groups -OCH3 is 1. The van der Waals surface area contributed by atoms with Gasteiger partial charge in [0.05, 0.1) is 19.0 Å². The minimum Gasteiger partial charge on any atom is -0.493 e. The van der Waals surface area contributed by atoms with E-state index in [1.54, 1.807) is 13.3 Å². The fourth-order valence-electron chi connectivity index (χ4n) is 1.71. The zero-order valence-corrected chi connectivity index (χ0v) is 11.1. The number of aliphatic hydroxyl groups is 1. The quantitative estimate of drug-likeness (QED) is 0.799. The Morgan fingerprint density at radius 3 is 2.76 bits per heavy atom. The number of rotatable bonds is 6. The monoisotopic (exact) mass is 238 g/mol. The van der Waals surface area contributed by atoms with Crippen LogP contribution in [0.3, 0.4) is 0 Å². The van der Waals surface area contributed by atoms with E-state index in [1.807, 2.05) is 13.0 Å². The Labute approximate surface area is 103 Å². The number of anilines is 1. The van der Waals surface area contributed by atoms with Crippen molar-refractivity contribution in [3.05, 3.63) is 18.0 Å². The van der Waals surface area contributed by atoms with E-state index < -0.39 is 0 Å². The summed E-state index contributed by atoms with van der Waals surface area (Å²) in [5.41, 5.74) is 1.74. The molecule has 1 aromatic heterocycles. The predicted molar refractivity (Wildman–Crippen MR) is 69.5 cm³/mol. The maximum Gasteiger partial charge on any atom is 0.160 e. The van der Waals surface area contributed by atoms with Gasteiger partial charge in [0.15, 0.2) is 5.75 Å². The lowest BCUT2D eigenvalue weighted by atomic mass is 9.94. The van der Waals surface area contributed by atoms with Gasteiger partial charge in [-0.3, -0.25) is 4.98 Å².